The molecular formula is C27H36N4O5. The summed E-state index contributed by atoms with van der Waals surface area (Å²) < 4.78 is 11.5. The van der Waals surface area contributed by atoms with Gasteiger partial charge >= 0.3 is 0 Å². The van der Waals surface area contributed by atoms with E-state index >= 15 is 0 Å². The number of nitrogens with zero attached hydrogens (tertiary/aromatic N) is 3. The second kappa shape index (κ2) is 12.6. The third-order valence-corrected chi connectivity index (χ3v) is 6.08. The molecule has 0 radical (unpaired) electrons. The smallest absolute Gasteiger partial charge is 0.258 e. The predicted octanol–water partition coefficient (Wildman–Crippen LogP) is 2.88. The number of amides is 1. The maximum absolute atomic E-state index is 11.2. The highest BCUT2D eigenvalue weighted by Crippen LogP contribution is 2.31. The molecule has 1 heterocycles. The monoisotopic (exact) mass is 496 g/mol. The maximum Gasteiger partial charge on any atom is 0.258 e. The topological polar surface area (TPSA) is 121 Å². The third kappa shape index (κ3) is 6.90. The number of aliphatic hydroxyl groups excluding tert-OH is 2. The standard InChI is InChI=1S/C27H36N4O5/c1-6-19-12-22(11-18(4)25(19)35-16-23(33)13-28-24(34)15-32)26-29-27(36-30-26)20-8-9-21(17(3)10-20)14-31(5)7-2/h8-12,23,32-33H,6-7,13-16H2,1-5H3,(H,28,34). The normalized spacial score (nSPS) is 12.1. The first kappa shape index (κ1) is 27.3. The Morgan fingerprint density at radius 1 is 1.14 bits per heavy atom. The third-order valence-electron chi connectivity index (χ3n) is 6.08. The number of carbonyl (C=O) groups excluding carboxylic acids is 1. The molecule has 9 nitrogen and oxygen atoms in total. The highest BCUT2D eigenvalue weighted by Gasteiger charge is 2.17. The summed E-state index contributed by atoms with van der Waals surface area (Å²) in [6.07, 6.45) is -0.194. The van der Waals surface area contributed by atoms with Gasteiger partial charge in [0.25, 0.3) is 5.89 Å². The summed E-state index contributed by atoms with van der Waals surface area (Å²) in [6, 6.07) is 10.1. The molecule has 0 aliphatic carbocycles. The van der Waals surface area contributed by atoms with Gasteiger partial charge < -0.3 is 29.7 Å². The molecule has 0 aliphatic rings. The Balaban J connectivity index is 1.75. The van der Waals surface area contributed by atoms with E-state index in [9.17, 15) is 9.90 Å². The summed E-state index contributed by atoms with van der Waals surface area (Å²) in [5.74, 6) is 1.10. The summed E-state index contributed by atoms with van der Waals surface area (Å²) in [4.78, 5) is 18.0. The fraction of sp³-hybridized carbons (Fsp3) is 0.444. The van der Waals surface area contributed by atoms with E-state index in [1.165, 1.54) is 11.1 Å². The highest BCUT2D eigenvalue weighted by atomic mass is 16.5. The molecule has 9 heteroatoms. The second-order valence-corrected chi connectivity index (χ2v) is 8.96. The fourth-order valence-electron chi connectivity index (χ4n) is 3.84. The fourth-order valence-corrected chi connectivity index (χ4v) is 3.84. The average Bonchev–Trinajstić information content (AvgIpc) is 3.37. The Labute approximate surface area is 212 Å². The van der Waals surface area contributed by atoms with Crippen LogP contribution in [0.25, 0.3) is 22.8 Å². The largest absolute Gasteiger partial charge is 0.490 e. The van der Waals surface area contributed by atoms with Crippen molar-refractivity contribution in [1.29, 1.82) is 0 Å². The van der Waals surface area contributed by atoms with Crippen LogP contribution >= 0.6 is 0 Å². The van der Waals surface area contributed by atoms with Crippen molar-refractivity contribution in [2.75, 3.05) is 33.4 Å². The van der Waals surface area contributed by atoms with Gasteiger partial charge in [0.15, 0.2) is 0 Å². The van der Waals surface area contributed by atoms with Crippen LogP contribution in [0.2, 0.25) is 0 Å². The van der Waals surface area contributed by atoms with E-state index in [4.69, 9.17) is 14.4 Å². The average molecular weight is 497 g/mol. The lowest BCUT2D eigenvalue weighted by Crippen LogP contribution is -2.36. The summed E-state index contributed by atoms with van der Waals surface area (Å²) >= 11 is 0. The lowest BCUT2D eigenvalue weighted by atomic mass is 10.0. The van der Waals surface area contributed by atoms with Gasteiger partial charge in [-0.2, -0.15) is 4.98 Å². The van der Waals surface area contributed by atoms with Crippen LogP contribution in [-0.4, -0.2) is 70.6 Å². The van der Waals surface area contributed by atoms with Gasteiger partial charge in [-0.1, -0.05) is 25.1 Å². The lowest BCUT2D eigenvalue weighted by molar-refractivity contribution is -0.124. The lowest BCUT2D eigenvalue weighted by Gasteiger charge is -2.17. The molecule has 194 valence electrons. The van der Waals surface area contributed by atoms with Gasteiger partial charge in [-0.25, -0.2) is 0 Å². The van der Waals surface area contributed by atoms with Crippen LogP contribution in [0.5, 0.6) is 5.75 Å². The zero-order chi connectivity index (χ0) is 26.2. The number of nitrogens with one attached hydrogen (secondary N) is 1. The maximum atomic E-state index is 11.2. The molecule has 0 saturated carbocycles. The second-order valence-electron chi connectivity index (χ2n) is 8.96. The Morgan fingerprint density at radius 2 is 1.89 bits per heavy atom. The van der Waals surface area contributed by atoms with Gasteiger partial charge in [-0.15, -0.1) is 0 Å². The van der Waals surface area contributed by atoms with E-state index in [0.717, 1.165) is 35.3 Å². The van der Waals surface area contributed by atoms with Crippen LogP contribution in [-0.2, 0) is 17.8 Å². The molecule has 0 bridgehead atoms. The number of carbonyl (C=O) groups is 1. The summed E-state index contributed by atoms with van der Waals surface area (Å²) in [6.45, 7) is 9.44. The SMILES string of the molecule is CCc1cc(-c2noc(-c3ccc(CN(C)CC)c(C)c3)n2)cc(C)c1OCC(O)CNC(=O)CO. The minimum absolute atomic E-state index is 0.000618. The van der Waals surface area contributed by atoms with Crippen molar-refractivity contribution >= 4 is 5.91 Å². The minimum Gasteiger partial charge on any atom is -0.490 e. The number of hydrogen-bond acceptors (Lipinski definition) is 8. The van der Waals surface area contributed by atoms with E-state index in [1.807, 2.05) is 32.0 Å². The minimum atomic E-state index is -0.902. The molecule has 0 fully saturated rings. The molecule has 3 rings (SSSR count). The first-order valence-electron chi connectivity index (χ1n) is 12.2. The van der Waals surface area contributed by atoms with Gasteiger partial charge in [0.05, 0.1) is 0 Å². The quantitative estimate of drug-likeness (QED) is 0.350. The van der Waals surface area contributed by atoms with Crippen LogP contribution in [0, 0.1) is 13.8 Å². The van der Waals surface area contributed by atoms with Crippen LogP contribution in [0.3, 0.4) is 0 Å². The van der Waals surface area contributed by atoms with E-state index in [0.29, 0.717) is 23.9 Å². The Hall–Kier alpha value is -3.27. The number of aryl methyl sites for hydroxylation is 3. The van der Waals surface area contributed by atoms with Crippen molar-refractivity contribution in [3.63, 3.8) is 0 Å². The van der Waals surface area contributed by atoms with Gasteiger partial charge in [0, 0.05) is 24.2 Å². The van der Waals surface area contributed by atoms with Gasteiger partial charge in [-0.3, -0.25) is 4.79 Å². The Morgan fingerprint density at radius 3 is 2.56 bits per heavy atom. The molecule has 1 unspecified atom stereocenters. The summed E-state index contributed by atoms with van der Waals surface area (Å²) in [5.41, 5.74) is 5.97. The van der Waals surface area contributed by atoms with Crippen molar-refractivity contribution in [2.24, 2.45) is 0 Å². The molecule has 3 N–H and O–H groups in total. The number of aromatic nitrogens is 2. The molecule has 0 spiro atoms. The summed E-state index contributed by atoms with van der Waals surface area (Å²) in [5, 5.41) is 25.5. The first-order valence-corrected chi connectivity index (χ1v) is 12.2. The van der Waals surface area contributed by atoms with Crippen LogP contribution < -0.4 is 10.1 Å². The van der Waals surface area contributed by atoms with Gasteiger partial charge in [0.1, 0.15) is 25.1 Å². The zero-order valence-corrected chi connectivity index (χ0v) is 21.7. The number of aliphatic hydroxyl groups is 2. The molecule has 0 aliphatic heterocycles. The van der Waals surface area contributed by atoms with Crippen molar-refractivity contribution < 1.29 is 24.3 Å². The Kier molecular flexibility index (Phi) is 9.58. The zero-order valence-electron chi connectivity index (χ0n) is 21.7. The molecule has 1 aromatic heterocycles. The van der Waals surface area contributed by atoms with E-state index in [2.05, 4.69) is 53.4 Å². The van der Waals surface area contributed by atoms with Crippen molar-refractivity contribution in [1.82, 2.24) is 20.4 Å². The molecule has 1 amide bonds. The predicted molar refractivity (Wildman–Crippen MR) is 138 cm³/mol. The number of ether oxygens (including phenoxy) is 1. The number of benzene rings is 2. The van der Waals surface area contributed by atoms with E-state index < -0.39 is 18.6 Å². The number of hydrogen-bond donors (Lipinski definition) is 3. The molecule has 0 saturated heterocycles. The van der Waals surface area contributed by atoms with Crippen LogP contribution in [0.1, 0.15) is 36.1 Å². The van der Waals surface area contributed by atoms with Gasteiger partial charge in [-0.05, 0) is 80.4 Å². The van der Waals surface area contributed by atoms with E-state index in [1.54, 1.807) is 0 Å². The van der Waals surface area contributed by atoms with Crippen molar-refractivity contribution in [3.8, 4) is 28.6 Å². The van der Waals surface area contributed by atoms with Crippen LogP contribution in [0.4, 0.5) is 0 Å². The first-order chi connectivity index (χ1) is 17.2. The molecule has 2 aromatic carbocycles. The highest BCUT2D eigenvalue weighted by molar-refractivity contribution is 5.76. The summed E-state index contributed by atoms with van der Waals surface area (Å²) in [7, 11) is 2.10. The van der Waals surface area contributed by atoms with Crippen LogP contribution in [0.15, 0.2) is 34.9 Å². The van der Waals surface area contributed by atoms with E-state index in [-0.39, 0.29) is 13.2 Å². The van der Waals surface area contributed by atoms with Crippen molar-refractivity contribution in [3.05, 3.63) is 52.6 Å². The molecular weight excluding hydrogens is 460 g/mol. The molecule has 3 aromatic rings. The number of rotatable bonds is 12. The molecule has 1 atom stereocenters. The van der Waals surface area contributed by atoms with Gasteiger partial charge in [0.2, 0.25) is 11.7 Å². The Bertz CT molecular complexity index is 1180. The molecule has 36 heavy (non-hydrogen) atoms. The van der Waals surface area contributed by atoms with Crippen molar-refractivity contribution in [2.45, 2.75) is 46.8 Å².